The van der Waals surface area contributed by atoms with E-state index in [1.165, 1.54) is 0 Å². The Hall–Kier alpha value is -0.430. The highest BCUT2D eigenvalue weighted by Gasteiger charge is 2.41. The molecule has 2 heterocycles. The second-order valence-electron chi connectivity index (χ2n) is 5.68. The highest BCUT2D eigenvalue weighted by Crippen LogP contribution is 2.33. The lowest BCUT2D eigenvalue weighted by atomic mass is 9.94. The van der Waals surface area contributed by atoms with Crippen LogP contribution in [0.5, 0.6) is 0 Å². The molecule has 0 radical (unpaired) electrons. The molecule has 1 aromatic carbocycles. The van der Waals surface area contributed by atoms with Gasteiger partial charge in [0.1, 0.15) is 0 Å². The van der Waals surface area contributed by atoms with E-state index in [0.29, 0.717) is 21.8 Å². The number of hydrogen-bond acceptors (Lipinski definition) is 3. The van der Waals surface area contributed by atoms with Crippen molar-refractivity contribution in [3.63, 3.8) is 0 Å². The van der Waals surface area contributed by atoms with E-state index in [-0.39, 0.29) is 6.04 Å². The van der Waals surface area contributed by atoms with Gasteiger partial charge in [0.25, 0.3) is 0 Å². The molecule has 4 nitrogen and oxygen atoms in total. The van der Waals surface area contributed by atoms with Gasteiger partial charge in [0.15, 0.2) is 0 Å². The van der Waals surface area contributed by atoms with Gasteiger partial charge >= 0.3 is 0 Å². The molecular weight excluding hydrogens is 340 g/mol. The van der Waals surface area contributed by atoms with Crippen molar-refractivity contribution in [2.75, 3.05) is 19.6 Å². The lowest BCUT2D eigenvalue weighted by molar-refractivity contribution is 0.217. The van der Waals surface area contributed by atoms with E-state index in [4.69, 9.17) is 0 Å². The minimum Gasteiger partial charge on any atom is -0.315 e. The summed E-state index contributed by atoms with van der Waals surface area (Å²) in [7, 11) is -3.42. The molecule has 0 bridgehead atoms. The number of rotatable bonds is 2. The van der Waals surface area contributed by atoms with E-state index < -0.39 is 10.0 Å². The van der Waals surface area contributed by atoms with Crippen LogP contribution >= 0.6 is 15.9 Å². The lowest BCUT2D eigenvalue weighted by Crippen LogP contribution is -2.48. The maximum atomic E-state index is 12.9. The van der Waals surface area contributed by atoms with Crippen molar-refractivity contribution >= 4 is 26.0 Å². The summed E-state index contributed by atoms with van der Waals surface area (Å²) >= 11 is 3.40. The fraction of sp³-hybridized carbons (Fsp3) is 0.571. The fourth-order valence-electron chi connectivity index (χ4n) is 3.27. The Morgan fingerprint density at radius 2 is 2.15 bits per heavy atom. The Morgan fingerprint density at radius 1 is 1.35 bits per heavy atom. The van der Waals surface area contributed by atoms with E-state index in [1.807, 2.05) is 19.1 Å². The van der Waals surface area contributed by atoms with Crippen LogP contribution in [0.3, 0.4) is 0 Å². The molecule has 6 heteroatoms. The number of nitrogens with zero attached hydrogens (tertiary/aromatic N) is 1. The lowest BCUT2D eigenvalue weighted by Gasteiger charge is -2.36. The van der Waals surface area contributed by atoms with Gasteiger partial charge in [-0.05, 0) is 65.9 Å². The Morgan fingerprint density at radius 3 is 2.90 bits per heavy atom. The average Bonchev–Trinajstić information content (AvgIpc) is 2.85. The fourth-order valence-corrected chi connectivity index (χ4v) is 6.14. The molecule has 1 N–H and O–H groups in total. The van der Waals surface area contributed by atoms with Gasteiger partial charge in [0, 0.05) is 23.6 Å². The molecule has 0 aliphatic carbocycles. The van der Waals surface area contributed by atoms with Crippen LogP contribution in [0, 0.1) is 12.8 Å². The van der Waals surface area contributed by atoms with Crippen LogP contribution in [-0.2, 0) is 10.0 Å². The summed E-state index contributed by atoms with van der Waals surface area (Å²) in [4.78, 5) is 0.385. The van der Waals surface area contributed by atoms with Gasteiger partial charge in [-0.2, -0.15) is 4.31 Å². The largest absolute Gasteiger partial charge is 0.315 e. The molecule has 110 valence electrons. The van der Waals surface area contributed by atoms with E-state index in [9.17, 15) is 8.42 Å². The summed E-state index contributed by atoms with van der Waals surface area (Å²) in [5.41, 5.74) is 1.05. The number of nitrogens with one attached hydrogen (secondary N) is 1. The van der Waals surface area contributed by atoms with Crippen LogP contribution in [0.4, 0.5) is 0 Å². The molecule has 2 atom stereocenters. The molecule has 2 saturated heterocycles. The second-order valence-corrected chi connectivity index (χ2v) is 8.39. The van der Waals surface area contributed by atoms with Crippen molar-refractivity contribution in [1.29, 1.82) is 0 Å². The number of sulfonamides is 1. The van der Waals surface area contributed by atoms with Gasteiger partial charge in [-0.25, -0.2) is 8.42 Å². The van der Waals surface area contributed by atoms with E-state index in [2.05, 4.69) is 21.2 Å². The predicted octanol–water partition coefficient (Wildman–Crippen LogP) is 2.13. The highest BCUT2D eigenvalue weighted by molar-refractivity contribution is 9.10. The van der Waals surface area contributed by atoms with Gasteiger partial charge in [-0.1, -0.05) is 6.07 Å². The average molecular weight is 359 g/mol. The van der Waals surface area contributed by atoms with Crippen molar-refractivity contribution in [2.24, 2.45) is 5.92 Å². The first kappa shape index (κ1) is 14.5. The van der Waals surface area contributed by atoms with Crippen LogP contribution < -0.4 is 5.32 Å². The third kappa shape index (κ3) is 2.43. The summed E-state index contributed by atoms with van der Waals surface area (Å²) in [5.74, 6) is 0.461. The maximum absolute atomic E-state index is 12.9. The van der Waals surface area contributed by atoms with Crippen LogP contribution in [0.1, 0.15) is 18.4 Å². The topological polar surface area (TPSA) is 49.4 Å². The Kier molecular flexibility index (Phi) is 3.92. The normalized spacial score (nSPS) is 27.5. The molecular formula is C14H19BrN2O2S. The number of piperidine rings is 1. The summed E-state index contributed by atoms with van der Waals surface area (Å²) in [6.45, 7) is 4.30. The number of hydrogen-bond donors (Lipinski definition) is 1. The van der Waals surface area contributed by atoms with Gasteiger partial charge in [-0.15, -0.1) is 0 Å². The van der Waals surface area contributed by atoms with Crippen molar-refractivity contribution in [3.05, 3.63) is 28.2 Å². The van der Waals surface area contributed by atoms with Crippen LogP contribution in [0.25, 0.3) is 0 Å². The first-order valence-electron chi connectivity index (χ1n) is 6.99. The number of halogens is 1. The van der Waals surface area contributed by atoms with E-state index in [0.717, 1.165) is 31.5 Å². The van der Waals surface area contributed by atoms with Crippen LogP contribution in [0.15, 0.2) is 27.6 Å². The van der Waals surface area contributed by atoms with Crippen molar-refractivity contribution in [2.45, 2.75) is 30.7 Å². The summed E-state index contributed by atoms with van der Waals surface area (Å²) in [6.07, 6.45) is 2.07. The third-order valence-corrected chi connectivity index (χ3v) is 7.20. The number of fused-ring (bicyclic) bond motifs is 1. The molecule has 20 heavy (non-hydrogen) atoms. The zero-order chi connectivity index (χ0) is 14.3. The second kappa shape index (κ2) is 5.40. The summed E-state index contributed by atoms with van der Waals surface area (Å²) in [5, 5.41) is 3.32. The quantitative estimate of drug-likeness (QED) is 0.880. The molecule has 0 spiro atoms. The number of benzene rings is 1. The number of aryl methyl sites for hydroxylation is 1. The van der Waals surface area contributed by atoms with Crippen molar-refractivity contribution < 1.29 is 8.42 Å². The molecule has 2 aliphatic heterocycles. The Labute approximate surface area is 128 Å². The first-order chi connectivity index (χ1) is 9.50. The zero-order valence-corrected chi connectivity index (χ0v) is 13.9. The molecule has 2 unspecified atom stereocenters. The maximum Gasteiger partial charge on any atom is 0.244 e. The smallest absolute Gasteiger partial charge is 0.244 e. The SMILES string of the molecule is Cc1ccc(S(=O)(=O)N2CCCC3CNCC32)c(Br)c1. The van der Waals surface area contributed by atoms with Crippen molar-refractivity contribution in [1.82, 2.24) is 9.62 Å². The minimum atomic E-state index is -3.42. The highest BCUT2D eigenvalue weighted by atomic mass is 79.9. The Bertz CT molecular complexity index is 618. The van der Waals surface area contributed by atoms with Crippen LogP contribution in [-0.4, -0.2) is 38.4 Å². The molecule has 3 rings (SSSR count). The molecule has 0 aromatic heterocycles. The molecule has 0 amide bonds. The predicted molar refractivity (Wildman–Crippen MR) is 82.2 cm³/mol. The molecule has 0 saturated carbocycles. The van der Waals surface area contributed by atoms with Gasteiger partial charge < -0.3 is 5.32 Å². The van der Waals surface area contributed by atoms with Gasteiger partial charge in [0.05, 0.1) is 4.90 Å². The molecule has 2 fully saturated rings. The third-order valence-electron chi connectivity index (χ3n) is 4.30. The molecule has 2 aliphatic rings. The van der Waals surface area contributed by atoms with Crippen LogP contribution in [0.2, 0.25) is 0 Å². The minimum absolute atomic E-state index is 0.113. The Balaban J connectivity index is 1.98. The zero-order valence-electron chi connectivity index (χ0n) is 11.5. The summed E-state index contributed by atoms with van der Waals surface area (Å²) in [6, 6.07) is 5.54. The first-order valence-corrected chi connectivity index (χ1v) is 9.22. The monoisotopic (exact) mass is 358 g/mol. The van der Waals surface area contributed by atoms with Gasteiger partial charge in [0.2, 0.25) is 10.0 Å². The van der Waals surface area contributed by atoms with Gasteiger partial charge in [-0.3, -0.25) is 0 Å². The molecule has 1 aromatic rings. The summed E-state index contributed by atoms with van der Waals surface area (Å²) < 4.78 is 28.2. The standard InChI is InChI=1S/C14H19BrN2O2S/c1-10-4-5-14(12(15)7-10)20(18,19)17-6-2-3-11-8-16-9-13(11)17/h4-5,7,11,13,16H,2-3,6,8-9H2,1H3. The van der Waals surface area contributed by atoms with E-state index in [1.54, 1.807) is 10.4 Å². The van der Waals surface area contributed by atoms with Crippen molar-refractivity contribution in [3.8, 4) is 0 Å². The van der Waals surface area contributed by atoms with E-state index >= 15 is 0 Å².